The number of aromatic hydroxyl groups is 1. The van der Waals surface area contributed by atoms with Gasteiger partial charge in [-0.15, -0.1) is 0 Å². The molecule has 0 amide bonds. The summed E-state index contributed by atoms with van der Waals surface area (Å²) in [4.78, 5) is 5.11. The fraction of sp³-hybridized carbons (Fsp3) is 0.478. The van der Waals surface area contributed by atoms with E-state index < -0.39 is 0 Å². The number of benzene rings is 2. The van der Waals surface area contributed by atoms with Gasteiger partial charge in [0, 0.05) is 24.0 Å². The zero-order valence-corrected chi connectivity index (χ0v) is 16.2. The lowest BCUT2D eigenvalue weighted by molar-refractivity contribution is 0.00308. The van der Waals surface area contributed by atoms with Gasteiger partial charge in [0.05, 0.1) is 0 Å². The van der Waals surface area contributed by atoms with E-state index in [4.69, 9.17) is 0 Å². The number of nitrogens with zero attached hydrogens (tertiary/aromatic N) is 2. The van der Waals surface area contributed by atoms with Crippen LogP contribution in [0.25, 0.3) is 0 Å². The van der Waals surface area contributed by atoms with Crippen LogP contribution in [-0.2, 0) is 18.3 Å². The molecular formula is C23H30N2O. The van der Waals surface area contributed by atoms with Gasteiger partial charge >= 0.3 is 0 Å². The van der Waals surface area contributed by atoms with Crippen LogP contribution in [0.2, 0.25) is 0 Å². The van der Waals surface area contributed by atoms with Crippen LogP contribution >= 0.6 is 0 Å². The van der Waals surface area contributed by atoms with Gasteiger partial charge < -0.3 is 14.9 Å². The molecule has 1 unspecified atom stereocenters. The zero-order chi connectivity index (χ0) is 18.3. The Morgan fingerprint density at radius 3 is 2.73 bits per heavy atom. The van der Waals surface area contributed by atoms with Gasteiger partial charge in [-0.3, -0.25) is 0 Å². The SMILES string of the molecule is CN1CC[C@]2(C)c3cc(O)ccc3CC1[C@@H]2N(C)CCc1ccccc1. The average Bonchev–Trinajstić information content (AvgIpc) is 2.65. The van der Waals surface area contributed by atoms with Gasteiger partial charge in [0.1, 0.15) is 5.75 Å². The lowest BCUT2D eigenvalue weighted by Crippen LogP contribution is -2.66. The summed E-state index contributed by atoms with van der Waals surface area (Å²) in [5, 5.41) is 10.1. The second-order valence-corrected chi connectivity index (χ2v) is 8.42. The normalized spacial score (nSPS) is 28.2. The Labute approximate surface area is 157 Å². The fourth-order valence-electron chi connectivity index (χ4n) is 5.32. The largest absolute Gasteiger partial charge is 0.508 e. The topological polar surface area (TPSA) is 26.7 Å². The van der Waals surface area contributed by atoms with Gasteiger partial charge in [-0.25, -0.2) is 0 Å². The Hall–Kier alpha value is -1.84. The number of hydrogen-bond acceptors (Lipinski definition) is 3. The first-order chi connectivity index (χ1) is 12.5. The number of fused-ring (bicyclic) bond motifs is 4. The highest BCUT2D eigenvalue weighted by Gasteiger charge is 2.51. The van der Waals surface area contributed by atoms with E-state index in [0.29, 0.717) is 17.8 Å². The summed E-state index contributed by atoms with van der Waals surface area (Å²) in [5.41, 5.74) is 4.26. The summed E-state index contributed by atoms with van der Waals surface area (Å²) in [5.74, 6) is 0.396. The molecule has 2 bridgehead atoms. The number of phenolic OH excluding ortho intramolecular Hbond substituents is 1. The minimum Gasteiger partial charge on any atom is -0.508 e. The van der Waals surface area contributed by atoms with E-state index in [2.05, 4.69) is 67.2 Å². The molecule has 1 fully saturated rings. The molecule has 0 aromatic heterocycles. The molecule has 2 aliphatic rings. The third-order valence-corrected chi connectivity index (χ3v) is 6.78. The van der Waals surface area contributed by atoms with Crippen molar-refractivity contribution in [3.05, 3.63) is 65.2 Å². The second-order valence-electron chi connectivity index (χ2n) is 8.42. The van der Waals surface area contributed by atoms with E-state index in [1.807, 2.05) is 12.1 Å². The molecule has 138 valence electrons. The third kappa shape index (κ3) is 2.93. The molecule has 1 N–H and O–H groups in total. The Morgan fingerprint density at radius 1 is 1.19 bits per heavy atom. The van der Waals surface area contributed by atoms with Crippen LogP contribution in [0.5, 0.6) is 5.75 Å². The van der Waals surface area contributed by atoms with Crippen LogP contribution in [0.4, 0.5) is 0 Å². The lowest BCUT2D eigenvalue weighted by Gasteiger charge is -2.57. The van der Waals surface area contributed by atoms with Crippen LogP contribution in [0, 0.1) is 0 Å². The minimum atomic E-state index is 0.0922. The van der Waals surface area contributed by atoms with Gasteiger partial charge in [0.15, 0.2) is 0 Å². The van der Waals surface area contributed by atoms with Crippen LogP contribution in [0.3, 0.4) is 0 Å². The van der Waals surface area contributed by atoms with Crippen molar-refractivity contribution < 1.29 is 5.11 Å². The summed E-state index contributed by atoms with van der Waals surface area (Å²) in [6.45, 7) is 4.59. The molecule has 2 aromatic rings. The number of likely N-dealkylation sites (N-methyl/N-ethyl adjacent to an activating group) is 2. The first-order valence-electron chi connectivity index (χ1n) is 9.76. The van der Waals surface area contributed by atoms with Gasteiger partial charge in [-0.2, -0.15) is 0 Å². The second kappa shape index (κ2) is 6.71. The first-order valence-corrected chi connectivity index (χ1v) is 9.76. The number of piperidine rings is 1. The van der Waals surface area contributed by atoms with Gasteiger partial charge in [0.2, 0.25) is 0 Å². The molecule has 26 heavy (non-hydrogen) atoms. The van der Waals surface area contributed by atoms with Gasteiger partial charge in [0.25, 0.3) is 0 Å². The average molecular weight is 351 g/mol. The first kappa shape index (κ1) is 17.6. The number of rotatable bonds is 4. The Morgan fingerprint density at radius 2 is 1.96 bits per heavy atom. The highest BCUT2D eigenvalue weighted by molar-refractivity contribution is 5.45. The summed E-state index contributed by atoms with van der Waals surface area (Å²) in [7, 11) is 4.56. The Balaban J connectivity index is 1.64. The van der Waals surface area contributed by atoms with Crippen LogP contribution < -0.4 is 0 Å². The predicted molar refractivity (Wildman–Crippen MR) is 107 cm³/mol. The maximum Gasteiger partial charge on any atom is 0.115 e. The van der Waals surface area contributed by atoms with E-state index in [9.17, 15) is 5.11 Å². The molecule has 0 spiro atoms. The lowest BCUT2D eigenvalue weighted by atomic mass is 9.61. The minimum absolute atomic E-state index is 0.0922. The van der Waals surface area contributed by atoms with E-state index in [1.165, 1.54) is 16.7 Å². The summed E-state index contributed by atoms with van der Waals surface area (Å²) >= 11 is 0. The van der Waals surface area contributed by atoms with Crippen LogP contribution in [0.15, 0.2) is 48.5 Å². The van der Waals surface area contributed by atoms with Crippen molar-refractivity contribution in [1.82, 2.24) is 9.80 Å². The van der Waals surface area contributed by atoms with Crippen molar-refractivity contribution in [1.29, 1.82) is 0 Å². The molecule has 2 aromatic carbocycles. The third-order valence-electron chi connectivity index (χ3n) is 6.78. The number of phenols is 1. The molecule has 1 aliphatic carbocycles. The van der Waals surface area contributed by atoms with E-state index in [-0.39, 0.29) is 5.41 Å². The standard InChI is InChI=1S/C23H30N2O/c1-23-12-14-24(2)21(15-18-9-10-19(26)16-20(18)23)22(23)25(3)13-11-17-7-5-4-6-8-17/h4-10,16,21-22,26H,11-15H2,1-3H3/t21?,22-,23+/m0/s1. The van der Waals surface area contributed by atoms with E-state index in [1.54, 1.807) is 0 Å². The van der Waals surface area contributed by atoms with Crippen molar-refractivity contribution in [3.63, 3.8) is 0 Å². The quantitative estimate of drug-likeness (QED) is 0.915. The number of hydrogen-bond donors (Lipinski definition) is 1. The van der Waals surface area contributed by atoms with Gasteiger partial charge in [-0.05, 0) is 68.7 Å². The predicted octanol–water partition coefficient (Wildman–Crippen LogP) is 3.45. The maximum atomic E-state index is 10.1. The van der Waals surface area contributed by atoms with Gasteiger partial charge in [-0.1, -0.05) is 43.3 Å². The van der Waals surface area contributed by atoms with Crippen molar-refractivity contribution >= 4 is 0 Å². The molecule has 0 radical (unpaired) electrons. The molecule has 1 aliphatic heterocycles. The van der Waals surface area contributed by atoms with Crippen molar-refractivity contribution in [2.75, 3.05) is 27.2 Å². The Kier molecular flexibility index (Phi) is 4.54. The Bertz CT molecular complexity index is 775. The monoisotopic (exact) mass is 350 g/mol. The summed E-state index contributed by atoms with van der Waals surface area (Å²) < 4.78 is 0. The van der Waals surface area contributed by atoms with Crippen molar-refractivity contribution in [3.8, 4) is 5.75 Å². The highest BCUT2D eigenvalue weighted by atomic mass is 16.3. The van der Waals surface area contributed by atoms with E-state index >= 15 is 0 Å². The molecular weight excluding hydrogens is 320 g/mol. The fourth-order valence-corrected chi connectivity index (χ4v) is 5.32. The molecule has 4 rings (SSSR count). The summed E-state index contributed by atoms with van der Waals surface area (Å²) in [6.07, 6.45) is 3.28. The maximum absolute atomic E-state index is 10.1. The molecule has 3 atom stereocenters. The van der Waals surface area contributed by atoms with Crippen LogP contribution in [-0.4, -0.2) is 54.2 Å². The molecule has 3 nitrogen and oxygen atoms in total. The highest BCUT2D eigenvalue weighted by Crippen LogP contribution is 2.47. The van der Waals surface area contributed by atoms with E-state index in [0.717, 1.165) is 32.4 Å². The molecule has 1 saturated heterocycles. The molecule has 3 heteroatoms. The molecule has 1 heterocycles. The smallest absolute Gasteiger partial charge is 0.115 e. The zero-order valence-electron chi connectivity index (χ0n) is 16.2. The van der Waals surface area contributed by atoms with Crippen molar-refractivity contribution in [2.24, 2.45) is 0 Å². The molecule has 0 saturated carbocycles. The number of likely N-dealkylation sites (tertiary alicyclic amines) is 1. The van der Waals surface area contributed by atoms with Crippen LogP contribution in [0.1, 0.15) is 30.0 Å². The van der Waals surface area contributed by atoms with Crippen molar-refractivity contribution in [2.45, 2.75) is 43.7 Å². The summed E-state index contributed by atoms with van der Waals surface area (Å²) in [6, 6.07) is 17.8.